The molecule has 1 rings (SSSR count). The van der Waals surface area contributed by atoms with Crippen molar-refractivity contribution in [3.05, 3.63) is 35.9 Å². The second-order valence-electron chi connectivity index (χ2n) is 4.44. The summed E-state index contributed by atoms with van der Waals surface area (Å²) in [6.45, 7) is 0.918. The van der Waals surface area contributed by atoms with Crippen molar-refractivity contribution >= 4 is 5.91 Å². The molecule has 19 heavy (non-hydrogen) atoms. The zero-order valence-corrected chi connectivity index (χ0v) is 11.2. The maximum atomic E-state index is 12.1. The molecule has 0 unspecified atom stereocenters. The lowest BCUT2D eigenvalue weighted by molar-refractivity contribution is -0.132. The Labute approximate surface area is 115 Å². The van der Waals surface area contributed by atoms with Gasteiger partial charge in [-0.3, -0.25) is 4.79 Å². The van der Waals surface area contributed by atoms with Crippen LogP contribution < -0.4 is 0 Å². The minimum atomic E-state index is -0.0110. The first kappa shape index (κ1) is 15.3. The van der Waals surface area contributed by atoms with Gasteiger partial charge in [0.2, 0.25) is 5.91 Å². The fraction of sp³-hybridized carbons (Fsp3) is 0.438. The van der Waals surface area contributed by atoms with E-state index in [4.69, 9.17) is 11.5 Å². The molecule has 0 bridgehead atoms. The number of aliphatic hydroxyl groups is 1. The minimum Gasteiger partial charge on any atom is -0.395 e. The predicted octanol–water partition coefficient (Wildman–Crippen LogP) is 2.20. The van der Waals surface area contributed by atoms with Gasteiger partial charge in [0.1, 0.15) is 0 Å². The molecule has 0 aliphatic carbocycles. The van der Waals surface area contributed by atoms with E-state index < -0.39 is 0 Å². The van der Waals surface area contributed by atoms with Crippen LogP contribution in [0.2, 0.25) is 0 Å². The highest BCUT2D eigenvalue weighted by molar-refractivity contribution is 5.76. The number of rotatable bonds is 8. The molecule has 0 spiro atoms. The molecular formula is C16H21NO2. The van der Waals surface area contributed by atoms with Gasteiger partial charge < -0.3 is 10.0 Å². The maximum Gasteiger partial charge on any atom is 0.222 e. The molecule has 0 atom stereocenters. The molecule has 1 amide bonds. The third-order valence-electron chi connectivity index (χ3n) is 2.90. The van der Waals surface area contributed by atoms with Gasteiger partial charge in [0.05, 0.1) is 6.61 Å². The van der Waals surface area contributed by atoms with Crippen LogP contribution in [-0.2, 0) is 11.3 Å². The first-order valence-corrected chi connectivity index (χ1v) is 6.64. The summed E-state index contributed by atoms with van der Waals surface area (Å²) in [4.78, 5) is 13.8. The Morgan fingerprint density at radius 3 is 2.63 bits per heavy atom. The van der Waals surface area contributed by atoms with Crippen molar-refractivity contribution in [3.63, 3.8) is 0 Å². The largest absolute Gasteiger partial charge is 0.395 e. The van der Waals surface area contributed by atoms with Crippen molar-refractivity contribution < 1.29 is 9.90 Å². The third-order valence-corrected chi connectivity index (χ3v) is 2.90. The second-order valence-corrected chi connectivity index (χ2v) is 4.44. The van der Waals surface area contributed by atoms with Crippen molar-refractivity contribution in [2.45, 2.75) is 32.2 Å². The fourth-order valence-electron chi connectivity index (χ4n) is 1.88. The minimum absolute atomic E-state index is 0.0110. The van der Waals surface area contributed by atoms with Crippen molar-refractivity contribution in [2.24, 2.45) is 0 Å². The van der Waals surface area contributed by atoms with Gasteiger partial charge in [-0.05, 0) is 18.4 Å². The maximum absolute atomic E-state index is 12.1. The van der Waals surface area contributed by atoms with E-state index in [1.54, 1.807) is 4.90 Å². The molecule has 0 radical (unpaired) electrons. The van der Waals surface area contributed by atoms with Gasteiger partial charge in [-0.25, -0.2) is 0 Å². The Kier molecular flexibility index (Phi) is 7.38. The molecule has 0 saturated heterocycles. The molecule has 3 heteroatoms. The number of hydrogen-bond acceptors (Lipinski definition) is 2. The molecule has 0 saturated carbocycles. The lowest BCUT2D eigenvalue weighted by Crippen LogP contribution is -2.32. The fourth-order valence-corrected chi connectivity index (χ4v) is 1.88. The van der Waals surface area contributed by atoms with E-state index in [9.17, 15) is 4.79 Å². The molecule has 0 aliphatic rings. The predicted molar refractivity (Wildman–Crippen MR) is 76.2 cm³/mol. The standard InChI is InChI=1S/C16H21NO2/c1-2-3-4-8-11-16(19)17(12-13-18)14-15-9-6-5-7-10-15/h1,5-7,9-10,18H,3-4,8,11-14H2. The van der Waals surface area contributed by atoms with E-state index in [1.807, 2.05) is 30.3 Å². The SMILES string of the molecule is C#CCCCCC(=O)N(CCO)Cc1ccccc1. The number of hydrogen-bond donors (Lipinski definition) is 1. The number of aliphatic hydroxyl groups excluding tert-OH is 1. The Morgan fingerprint density at radius 2 is 2.00 bits per heavy atom. The van der Waals surface area contributed by atoms with Gasteiger partial charge in [0.15, 0.2) is 0 Å². The summed E-state index contributed by atoms with van der Waals surface area (Å²) in [5.74, 6) is 2.65. The second kappa shape index (κ2) is 9.18. The molecule has 102 valence electrons. The molecule has 0 aromatic heterocycles. The van der Waals surface area contributed by atoms with Crippen molar-refractivity contribution in [1.82, 2.24) is 4.90 Å². The van der Waals surface area contributed by atoms with Crippen LogP contribution in [0.15, 0.2) is 30.3 Å². The van der Waals surface area contributed by atoms with E-state index in [1.165, 1.54) is 0 Å². The number of terminal acetylenes is 1. The normalized spacial score (nSPS) is 9.89. The Hall–Kier alpha value is -1.79. The zero-order valence-electron chi connectivity index (χ0n) is 11.2. The molecule has 0 aliphatic heterocycles. The molecule has 0 heterocycles. The van der Waals surface area contributed by atoms with Crippen LogP contribution in [0.5, 0.6) is 0 Å². The summed E-state index contributed by atoms with van der Waals surface area (Å²) < 4.78 is 0. The summed E-state index contributed by atoms with van der Waals surface area (Å²) in [6, 6.07) is 9.81. The lowest BCUT2D eigenvalue weighted by Gasteiger charge is -2.22. The van der Waals surface area contributed by atoms with E-state index in [-0.39, 0.29) is 12.5 Å². The van der Waals surface area contributed by atoms with E-state index in [0.29, 0.717) is 25.9 Å². The molecular weight excluding hydrogens is 238 g/mol. The number of amides is 1. The van der Waals surface area contributed by atoms with Crippen LogP contribution in [-0.4, -0.2) is 29.1 Å². The average molecular weight is 259 g/mol. The van der Waals surface area contributed by atoms with Gasteiger partial charge in [-0.15, -0.1) is 12.3 Å². The first-order chi connectivity index (χ1) is 9.27. The Bertz CT molecular complexity index is 409. The number of carbonyl (C=O) groups excluding carboxylic acids is 1. The topological polar surface area (TPSA) is 40.5 Å². The smallest absolute Gasteiger partial charge is 0.222 e. The monoisotopic (exact) mass is 259 g/mol. The van der Waals surface area contributed by atoms with Crippen molar-refractivity contribution in [1.29, 1.82) is 0 Å². The van der Waals surface area contributed by atoms with Crippen molar-refractivity contribution in [3.8, 4) is 12.3 Å². The highest BCUT2D eigenvalue weighted by Crippen LogP contribution is 2.08. The average Bonchev–Trinajstić information content (AvgIpc) is 2.44. The van der Waals surface area contributed by atoms with Gasteiger partial charge >= 0.3 is 0 Å². The lowest BCUT2D eigenvalue weighted by atomic mass is 10.1. The summed E-state index contributed by atoms with van der Waals surface area (Å²) in [6.07, 6.45) is 8.07. The van der Waals surface area contributed by atoms with Crippen LogP contribution in [0.1, 0.15) is 31.2 Å². The van der Waals surface area contributed by atoms with Crippen LogP contribution >= 0.6 is 0 Å². The van der Waals surface area contributed by atoms with Crippen LogP contribution in [0, 0.1) is 12.3 Å². The third kappa shape index (κ3) is 6.08. The zero-order chi connectivity index (χ0) is 13.9. The number of unbranched alkanes of at least 4 members (excludes halogenated alkanes) is 2. The molecule has 1 aromatic rings. The number of benzene rings is 1. The number of carbonyl (C=O) groups is 1. The highest BCUT2D eigenvalue weighted by Gasteiger charge is 2.12. The molecule has 3 nitrogen and oxygen atoms in total. The summed E-state index contributed by atoms with van der Waals surface area (Å²) >= 11 is 0. The number of nitrogens with zero attached hydrogens (tertiary/aromatic N) is 1. The van der Waals surface area contributed by atoms with E-state index in [0.717, 1.165) is 18.4 Å². The van der Waals surface area contributed by atoms with Crippen molar-refractivity contribution in [2.75, 3.05) is 13.2 Å². The first-order valence-electron chi connectivity index (χ1n) is 6.64. The van der Waals surface area contributed by atoms with Crippen LogP contribution in [0.25, 0.3) is 0 Å². The van der Waals surface area contributed by atoms with Crippen LogP contribution in [0.4, 0.5) is 0 Å². The summed E-state index contributed by atoms with van der Waals surface area (Å²) in [5, 5.41) is 9.05. The Morgan fingerprint density at radius 1 is 1.26 bits per heavy atom. The highest BCUT2D eigenvalue weighted by atomic mass is 16.3. The Balaban J connectivity index is 2.47. The van der Waals surface area contributed by atoms with Gasteiger partial charge in [0, 0.05) is 25.9 Å². The summed E-state index contributed by atoms with van der Waals surface area (Å²) in [5.41, 5.74) is 1.08. The molecule has 0 fully saturated rings. The van der Waals surface area contributed by atoms with Crippen LogP contribution in [0.3, 0.4) is 0 Å². The van der Waals surface area contributed by atoms with Gasteiger partial charge in [-0.1, -0.05) is 30.3 Å². The van der Waals surface area contributed by atoms with E-state index >= 15 is 0 Å². The quantitative estimate of drug-likeness (QED) is 0.574. The van der Waals surface area contributed by atoms with Gasteiger partial charge in [-0.2, -0.15) is 0 Å². The van der Waals surface area contributed by atoms with E-state index in [2.05, 4.69) is 5.92 Å². The molecule has 1 aromatic carbocycles. The van der Waals surface area contributed by atoms with Gasteiger partial charge in [0.25, 0.3) is 0 Å². The molecule has 1 N–H and O–H groups in total. The summed E-state index contributed by atoms with van der Waals surface area (Å²) in [7, 11) is 0.